The second kappa shape index (κ2) is 4.66. The zero-order valence-corrected chi connectivity index (χ0v) is 11.4. The number of H-pyrrole nitrogens is 1. The standard InChI is InChI=1S/C15H14N2O4/c1-7-9-3-4-11(18)13-12(9)8(6-16-13)5-10(15(20)21-2)17-14(7)19/h3-4,6,10,16,18H,1,5H2,2H3,(H,17,19). The van der Waals surface area contributed by atoms with Crippen molar-refractivity contribution in [1.82, 2.24) is 10.3 Å². The molecular weight excluding hydrogens is 272 g/mol. The van der Waals surface area contributed by atoms with Crippen LogP contribution in [-0.2, 0) is 20.7 Å². The average Bonchev–Trinajstić information content (AvgIpc) is 2.89. The van der Waals surface area contributed by atoms with Crippen LogP contribution in [0.25, 0.3) is 16.5 Å². The first-order chi connectivity index (χ1) is 10.0. The highest BCUT2D eigenvalue weighted by Crippen LogP contribution is 2.34. The Morgan fingerprint density at radius 3 is 2.95 bits per heavy atom. The number of phenols is 1. The van der Waals surface area contributed by atoms with Crippen LogP contribution in [0.1, 0.15) is 11.1 Å². The summed E-state index contributed by atoms with van der Waals surface area (Å²) in [7, 11) is 1.27. The highest BCUT2D eigenvalue weighted by atomic mass is 16.5. The van der Waals surface area contributed by atoms with Crippen molar-refractivity contribution in [1.29, 1.82) is 0 Å². The van der Waals surface area contributed by atoms with Gasteiger partial charge in [0, 0.05) is 23.6 Å². The van der Waals surface area contributed by atoms with E-state index >= 15 is 0 Å². The predicted octanol–water partition coefficient (Wildman–Crippen LogP) is 1.10. The number of esters is 1. The molecule has 1 aliphatic rings. The van der Waals surface area contributed by atoms with E-state index in [-0.39, 0.29) is 17.7 Å². The number of amides is 1. The number of aromatic nitrogens is 1. The van der Waals surface area contributed by atoms with Gasteiger partial charge in [-0.15, -0.1) is 0 Å². The molecule has 0 bridgehead atoms. The minimum atomic E-state index is -0.784. The van der Waals surface area contributed by atoms with Crippen molar-refractivity contribution < 1.29 is 19.4 Å². The van der Waals surface area contributed by atoms with Crippen LogP contribution in [0.3, 0.4) is 0 Å². The molecule has 3 rings (SSSR count). The zero-order chi connectivity index (χ0) is 15.1. The summed E-state index contributed by atoms with van der Waals surface area (Å²) in [6, 6.07) is 2.37. The Kier molecular flexibility index (Phi) is 2.94. The number of hydrogen-bond donors (Lipinski definition) is 3. The van der Waals surface area contributed by atoms with Crippen molar-refractivity contribution in [3.05, 3.63) is 36.0 Å². The summed E-state index contributed by atoms with van der Waals surface area (Å²) >= 11 is 0. The van der Waals surface area contributed by atoms with Crippen LogP contribution in [0.5, 0.6) is 5.75 Å². The van der Waals surface area contributed by atoms with Gasteiger partial charge >= 0.3 is 5.97 Å². The molecule has 21 heavy (non-hydrogen) atoms. The number of benzene rings is 1. The Labute approximate surface area is 120 Å². The quantitative estimate of drug-likeness (QED) is 0.541. The van der Waals surface area contributed by atoms with E-state index in [1.807, 2.05) is 0 Å². The molecule has 0 saturated carbocycles. The van der Waals surface area contributed by atoms with Crippen LogP contribution in [0.15, 0.2) is 24.9 Å². The number of phenolic OH excluding ortho intramolecular Hbond substituents is 1. The number of carbonyl (C=O) groups excluding carboxylic acids is 2. The Hall–Kier alpha value is -2.76. The Balaban J connectivity index is 2.24. The molecule has 0 saturated heterocycles. The van der Waals surface area contributed by atoms with E-state index < -0.39 is 17.9 Å². The van der Waals surface area contributed by atoms with E-state index in [9.17, 15) is 14.7 Å². The molecule has 1 unspecified atom stereocenters. The molecule has 1 aromatic heterocycles. The van der Waals surface area contributed by atoms with Crippen molar-refractivity contribution in [2.45, 2.75) is 12.5 Å². The largest absolute Gasteiger partial charge is 0.506 e. The molecule has 1 aliphatic heterocycles. The minimum Gasteiger partial charge on any atom is -0.506 e. The van der Waals surface area contributed by atoms with Crippen molar-refractivity contribution in [3.63, 3.8) is 0 Å². The summed E-state index contributed by atoms with van der Waals surface area (Å²) in [5.74, 6) is -0.859. The summed E-state index contributed by atoms with van der Waals surface area (Å²) in [4.78, 5) is 26.9. The highest BCUT2D eigenvalue weighted by molar-refractivity contribution is 6.23. The SMILES string of the molecule is C=C1C(=O)NC(C(=O)OC)Cc2c[nH]c3c(O)ccc1c23. The topological polar surface area (TPSA) is 91.4 Å². The molecule has 6 nitrogen and oxygen atoms in total. The van der Waals surface area contributed by atoms with Gasteiger partial charge in [-0.3, -0.25) is 4.79 Å². The van der Waals surface area contributed by atoms with Gasteiger partial charge in [0.15, 0.2) is 0 Å². The van der Waals surface area contributed by atoms with Gasteiger partial charge < -0.3 is 20.1 Å². The normalized spacial score (nSPS) is 18.0. The fourth-order valence-electron chi connectivity index (χ4n) is 2.64. The van der Waals surface area contributed by atoms with Gasteiger partial charge in [0.25, 0.3) is 5.91 Å². The van der Waals surface area contributed by atoms with E-state index in [4.69, 9.17) is 4.74 Å². The number of nitrogens with one attached hydrogen (secondary N) is 2. The molecule has 1 aromatic carbocycles. The highest BCUT2D eigenvalue weighted by Gasteiger charge is 2.29. The lowest BCUT2D eigenvalue weighted by atomic mass is 9.94. The molecule has 1 atom stereocenters. The maximum Gasteiger partial charge on any atom is 0.328 e. The third-order valence-corrected chi connectivity index (χ3v) is 3.71. The molecule has 1 amide bonds. The first-order valence-corrected chi connectivity index (χ1v) is 6.42. The molecule has 0 aliphatic carbocycles. The summed E-state index contributed by atoms with van der Waals surface area (Å²) in [5, 5.41) is 13.2. The molecule has 3 N–H and O–H groups in total. The Bertz CT molecular complexity index is 775. The van der Waals surface area contributed by atoms with E-state index in [0.29, 0.717) is 16.5 Å². The van der Waals surface area contributed by atoms with Crippen LogP contribution >= 0.6 is 0 Å². The first-order valence-electron chi connectivity index (χ1n) is 6.42. The van der Waals surface area contributed by atoms with Crippen molar-refractivity contribution in [3.8, 4) is 5.75 Å². The third-order valence-electron chi connectivity index (χ3n) is 3.71. The summed E-state index contributed by atoms with van der Waals surface area (Å²) in [5.41, 5.74) is 2.23. The van der Waals surface area contributed by atoms with E-state index in [1.54, 1.807) is 12.3 Å². The first kappa shape index (κ1) is 13.2. The van der Waals surface area contributed by atoms with Crippen molar-refractivity contribution >= 4 is 28.4 Å². The van der Waals surface area contributed by atoms with Crippen LogP contribution in [0.2, 0.25) is 0 Å². The Morgan fingerprint density at radius 1 is 1.48 bits per heavy atom. The maximum absolute atomic E-state index is 12.2. The molecule has 2 heterocycles. The van der Waals surface area contributed by atoms with Crippen LogP contribution in [0.4, 0.5) is 0 Å². The number of hydrogen-bond acceptors (Lipinski definition) is 4. The van der Waals surface area contributed by atoms with Gasteiger partial charge in [-0.05, 0) is 23.3 Å². The minimum absolute atomic E-state index is 0.0865. The summed E-state index contributed by atoms with van der Waals surface area (Å²) in [6.45, 7) is 3.79. The van der Waals surface area contributed by atoms with Crippen LogP contribution < -0.4 is 5.32 Å². The lowest BCUT2D eigenvalue weighted by Crippen LogP contribution is -2.43. The molecule has 108 valence electrons. The molecular formula is C15H14N2O4. The smallest absolute Gasteiger partial charge is 0.328 e. The fraction of sp³-hybridized carbons (Fsp3) is 0.200. The molecule has 0 fully saturated rings. The van der Waals surface area contributed by atoms with E-state index in [2.05, 4.69) is 16.9 Å². The maximum atomic E-state index is 12.2. The number of aromatic hydroxyl groups is 1. The number of rotatable bonds is 1. The molecule has 0 spiro atoms. The third kappa shape index (κ3) is 1.96. The average molecular weight is 286 g/mol. The van der Waals surface area contributed by atoms with Gasteiger partial charge in [-0.2, -0.15) is 0 Å². The Morgan fingerprint density at radius 2 is 2.24 bits per heavy atom. The lowest BCUT2D eigenvalue weighted by molar-refractivity contribution is -0.144. The van der Waals surface area contributed by atoms with Gasteiger partial charge in [-0.25, -0.2) is 4.79 Å². The second-order valence-electron chi connectivity index (χ2n) is 4.93. The lowest BCUT2D eigenvalue weighted by Gasteiger charge is -2.20. The molecule has 2 aromatic rings. The van der Waals surface area contributed by atoms with Crippen LogP contribution in [-0.4, -0.2) is 35.1 Å². The van der Waals surface area contributed by atoms with E-state index in [0.717, 1.165) is 5.56 Å². The monoisotopic (exact) mass is 286 g/mol. The van der Waals surface area contributed by atoms with Gasteiger partial charge in [0.05, 0.1) is 12.6 Å². The number of ether oxygens (including phenoxy) is 1. The van der Waals surface area contributed by atoms with Crippen molar-refractivity contribution in [2.24, 2.45) is 0 Å². The molecule has 6 heteroatoms. The van der Waals surface area contributed by atoms with Crippen LogP contribution in [0, 0.1) is 0 Å². The van der Waals surface area contributed by atoms with Gasteiger partial charge in [0.1, 0.15) is 11.8 Å². The van der Waals surface area contributed by atoms with Gasteiger partial charge in [-0.1, -0.05) is 6.58 Å². The number of carbonyl (C=O) groups is 2. The predicted molar refractivity (Wildman–Crippen MR) is 76.6 cm³/mol. The van der Waals surface area contributed by atoms with Crippen molar-refractivity contribution in [2.75, 3.05) is 7.11 Å². The number of methoxy groups -OCH3 is 1. The summed E-state index contributed by atoms with van der Waals surface area (Å²) < 4.78 is 4.71. The fourth-order valence-corrected chi connectivity index (χ4v) is 2.64. The molecule has 0 radical (unpaired) electrons. The zero-order valence-electron chi connectivity index (χ0n) is 11.4. The number of aromatic amines is 1. The van der Waals surface area contributed by atoms with E-state index in [1.165, 1.54) is 13.2 Å². The second-order valence-corrected chi connectivity index (χ2v) is 4.93. The van der Waals surface area contributed by atoms with Gasteiger partial charge in [0.2, 0.25) is 0 Å². The summed E-state index contributed by atoms with van der Waals surface area (Å²) in [6.07, 6.45) is 2.00.